The van der Waals surface area contributed by atoms with Crippen LogP contribution in [0.5, 0.6) is 0 Å². The summed E-state index contributed by atoms with van der Waals surface area (Å²) in [6, 6.07) is 7.78. The normalized spacial score (nSPS) is 10.4. The number of nitrogens with zero attached hydrogens (tertiary/aromatic N) is 1. The van der Waals surface area contributed by atoms with Crippen molar-refractivity contribution in [1.82, 2.24) is 4.98 Å². The predicted molar refractivity (Wildman–Crippen MR) is 62.6 cm³/mol. The Hall–Kier alpha value is -1.90. The van der Waals surface area contributed by atoms with Gasteiger partial charge < -0.3 is 4.74 Å². The molecule has 82 valence electrons. The maximum absolute atomic E-state index is 11.4. The Kier molecular flexibility index (Phi) is 2.60. The topological polar surface area (TPSA) is 39.2 Å². The Morgan fingerprint density at radius 1 is 1.25 bits per heavy atom. The van der Waals surface area contributed by atoms with Crippen molar-refractivity contribution in [2.75, 3.05) is 7.11 Å². The van der Waals surface area contributed by atoms with Gasteiger partial charge in [-0.3, -0.25) is 0 Å². The summed E-state index contributed by atoms with van der Waals surface area (Å²) in [5.41, 5.74) is 3.35. The molecule has 0 unspecified atom stereocenters. The van der Waals surface area contributed by atoms with Gasteiger partial charge in [-0.25, -0.2) is 9.78 Å². The second-order valence-electron chi connectivity index (χ2n) is 3.84. The Labute approximate surface area is 94.1 Å². The molecule has 0 saturated carbocycles. The van der Waals surface area contributed by atoms with E-state index in [0.29, 0.717) is 5.69 Å². The van der Waals surface area contributed by atoms with E-state index < -0.39 is 5.97 Å². The minimum atomic E-state index is -0.397. The first-order valence-corrected chi connectivity index (χ1v) is 5.08. The van der Waals surface area contributed by atoms with Crippen molar-refractivity contribution in [1.29, 1.82) is 0 Å². The SMILES string of the molecule is COC(=O)c1cc(C)c2ccc(C)cc2n1. The summed E-state index contributed by atoms with van der Waals surface area (Å²) < 4.78 is 4.67. The number of carbonyl (C=O) groups is 1. The van der Waals surface area contributed by atoms with Gasteiger partial charge in [0.1, 0.15) is 5.69 Å². The number of fused-ring (bicyclic) bond motifs is 1. The standard InChI is InChI=1S/C13H13NO2/c1-8-4-5-10-9(2)7-12(13(15)16-3)14-11(10)6-8/h4-7H,1-3H3. The molecule has 0 aliphatic heterocycles. The van der Waals surface area contributed by atoms with E-state index in [9.17, 15) is 4.79 Å². The molecule has 0 amide bonds. The highest BCUT2D eigenvalue weighted by Crippen LogP contribution is 2.19. The van der Waals surface area contributed by atoms with E-state index in [0.717, 1.165) is 22.0 Å². The molecule has 3 heteroatoms. The van der Waals surface area contributed by atoms with Gasteiger partial charge in [0.05, 0.1) is 12.6 Å². The molecule has 1 aromatic heterocycles. The van der Waals surface area contributed by atoms with E-state index >= 15 is 0 Å². The van der Waals surface area contributed by atoms with Crippen LogP contribution < -0.4 is 0 Å². The number of hydrogen-bond acceptors (Lipinski definition) is 3. The number of methoxy groups -OCH3 is 1. The number of esters is 1. The highest BCUT2D eigenvalue weighted by molar-refractivity contribution is 5.92. The van der Waals surface area contributed by atoms with Crippen LogP contribution in [0.1, 0.15) is 21.6 Å². The van der Waals surface area contributed by atoms with Gasteiger partial charge in [0.25, 0.3) is 0 Å². The third-order valence-electron chi connectivity index (χ3n) is 2.57. The Morgan fingerprint density at radius 2 is 2.00 bits per heavy atom. The van der Waals surface area contributed by atoms with Crippen molar-refractivity contribution in [2.24, 2.45) is 0 Å². The molecule has 0 fully saturated rings. The van der Waals surface area contributed by atoms with Crippen LogP contribution in [0.15, 0.2) is 24.3 Å². The third kappa shape index (κ3) is 1.76. The number of aromatic nitrogens is 1. The van der Waals surface area contributed by atoms with Gasteiger partial charge >= 0.3 is 5.97 Å². The number of hydrogen-bond donors (Lipinski definition) is 0. The van der Waals surface area contributed by atoms with Gasteiger partial charge in [-0.15, -0.1) is 0 Å². The number of benzene rings is 1. The molecule has 1 heterocycles. The molecule has 2 aromatic rings. The van der Waals surface area contributed by atoms with Gasteiger partial charge in [-0.2, -0.15) is 0 Å². The quantitative estimate of drug-likeness (QED) is 0.686. The summed E-state index contributed by atoms with van der Waals surface area (Å²) in [4.78, 5) is 15.7. The predicted octanol–water partition coefficient (Wildman–Crippen LogP) is 2.64. The zero-order valence-electron chi connectivity index (χ0n) is 9.57. The largest absolute Gasteiger partial charge is 0.464 e. The molecule has 0 atom stereocenters. The second kappa shape index (κ2) is 3.93. The number of ether oxygens (including phenoxy) is 1. The minimum absolute atomic E-state index is 0.359. The monoisotopic (exact) mass is 215 g/mol. The van der Waals surface area contributed by atoms with E-state index in [1.165, 1.54) is 7.11 Å². The number of aryl methyl sites for hydroxylation is 2. The van der Waals surface area contributed by atoms with Crippen molar-refractivity contribution in [2.45, 2.75) is 13.8 Å². The summed E-state index contributed by atoms with van der Waals surface area (Å²) >= 11 is 0. The molecule has 0 bridgehead atoms. The minimum Gasteiger partial charge on any atom is -0.464 e. The first kappa shape index (κ1) is 10.6. The average Bonchev–Trinajstić information content (AvgIpc) is 2.27. The fraction of sp³-hybridized carbons (Fsp3) is 0.231. The van der Waals surface area contributed by atoms with Crippen molar-refractivity contribution in [3.8, 4) is 0 Å². The van der Waals surface area contributed by atoms with Crippen LogP contribution >= 0.6 is 0 Å². The highest BCUT2D eigenvalue weighted by atomic mass is 16.5. The summed E-state index contributed by atoms with van der Waals surface area (Å²) in [5, 5.41) is 1.07. The Bertz CT molecular complexity index is 561. The molecule has 2 rings (SSSR count). The number of pyridine rings is 1. The molecule has 1 aromatic carbocycles. The highest BCUT2D eigenvalue weighted by Gasteiger charge is 2.10. The summed E-state index contributed by atoms with van der Waals surface area (Å²) in [6.45, 7) is 3.97. The van der Waals surface area contributed by atoms with E-state index in [1.807, 2.05) is 32.0 Å². The lowest BCUT2D eigenvalue weighted by Gasteiger charge is -2.05. The van der Waals surface area contributed by atoms with Gasteiger partial charge in [0.2, 0.25) is 0 Å². The molecule has 0 N–H and O–H groups in total. The van der Waals surface area contributed by atoms with Crippen LogP contribution in [-0.4, -0.2) is 18.1 Å². The molecule has 0 radical (unpaired) electrons. The van der Waals surface area contributed by atoms with Crippen LogP contribution in [0.4, 0.5) is 0 Å². The lowest BCUT2D eigenvalue weighted by atomic mass is 10.1. The van der Waals surface area contributed by atoms with E-state index in [1.54, 1.807) is 6.07 Å². The molecular formula is C13H13NO2. The molecular weight excluding hydrogens is 202 g/mol. The van der Waals surface area contributed by atoms with Gasteiger partial charge in [0.15, 0.2) is 0 Å². The van der Waals surface area contributed by atoms with Crippen molar-refractivity contribution >= 4 is 16.9 Å². The van der Waals surface area contributed by atoms with Gasteiger partial charge in [-0.05, 0) is 37.1 Å². The summed E-state index contributed by atoms with van der Waals surface area (Å²) in [5.74, 6) is -0.397. The lowest BCUT2D eigenvalue weighted by molar-refractivity contribution is 0.0594. The van der Waals surface area contributed by atoms with Crippen molar-refractivity contribution in [3.63, 3.8) is 0 Å². The first-order chi connectivity index (χ1) is 7.61. The summed E-state index contributed by atoms with van der Waals surface area (Å²) in [6.07, 6.45) is 0. The fourth-order valence-electron chi connectivity index (χ4n) is 1.72. The van der Waals surface area contributed by atoms with Gasteiger partial charge in [-0.1, -0.05) is 12.1 Å². The van der Waals surface area contributed by atoms with Crippen LogP contribution in [0.3, 0.4) is 0 Å². The fourth-order valence-corrected chi connectivity index (χ4v) is 1.72. The number of rotatable bonds is 1. The lowest BCUT2D eigenvalue weighted by Crippen LogP contribution is -2.05. The zero-order valence-corrected chi connectivity index (χ0v) is 9.57. The van der Waals surface area contributed by atoms with Crippen molar-refractivity contribution < 1.29 is 9.53 Å². The molecule has 0 saturated heterocycles. The van der Waals surface area contributed by atoms with Crippen molar-refractivity contribution in [3.05, 3.63) is 41.1 Å². The Balaban J connectivity index is 2.69. The Morgan fingerprint density at radius 3 is 2.69 bits per heavy atom. The average molecular weight is 215 g/mol. The second-order valence-corrected chi connectivity index (χ2v) is 3.84. The van der Waals surface area contributed by atoms with Crippen LogP contribution in [0.25, 0.3) is 10.9 Å². The van der Waals surface area contributed by atoms with Gasteiger partial charge in [0, 0.05) is 5.39 Å². The summed E-state index contributed by atoms with van der Waals surface area (Å²) in [7, 11) is 1.36. The maximum atomic E-state index is 11.4. The molecule has 16 heavy (non-hydrogen) atoms. The van der Waals surface area contributed by atoms with E-state index in [2.05, 4.69) is 9.72 Å². The number of carbonyl (C=O) groups excluding carboxylic acids is 1. The van der Waals surface area contributed by atoms with Crippen LogP contribution in [-0.2, 0) is 4.74 Å². The van der Waals surface area contributed by atoms with E-state index in [-0.39, 0.29) is 0 Å². The first-order valence-electron chi connectivity index (χ1n) is 5.08. The zero-order chi connectivity index (χ0) is 11.7. The third-order valence-corrected chi connectivity index (χ3v) is 2.57. The smallest absolute Gasteiger partial charge is 0.356 e. The van der Waals surface area contributed by atoms with Crippen LogP contribution in [0.2, 0.25) is 0 Å². The molecule has 0 spiro atoms. The molecule has 0 aliphatic carbocycles. The van der Waals surface area contributed by atoms with Crippen LogP contribution in [0, 0.1) is 13.8 Å². The van der Waals surface area contributed by atoms with E-state index in [4.69, 9.17) is 0 Å². The molecule has 0 aliphatic rings. The molecule has 3 nitrogen and oxygen atoms in total. The maximum Gasteiger partial charge on any atom is 0.356 e.